The van der Waals surface area contributed by atoms with Crippen LogP contribution in [0.5, 0.6) is 0 Å². The van der Waals surface area contributed by atoms with E-state index in [4.69, 9.17) is 9.47 Å². The predicted molar refractivity (Wildman–Crippen MR) is 124 cm³/mol. The molecule has 33 heavy (non-hydrogen) atoms. The Labute approximate surface area is 192 Å². The Morgan fingerprint density at radius 1 is 1.09 bits per heavy atom. The number of carbonyl (C=O) groups excluding carboxylic acids is 1. The average molecular weight is 449 g/mol. The van der Waals surface area contributed by atoms with Gasteiger partial charge in [0, 0.05) is 56.0 Å². The number of aryl methyl sites for hydroxylation is 1. The van der Waals surface area contributed by atoms with Gasteiger partial charge in [0.2, 0.25) is 0 Å². The molecule has 0 bridgehead atoms. The van der Waals surface area contributed by atoms with Crippen molar-refractivity contribution in [2.75, 3.05) is 44.4 Å². The number of nitrogens with zero attached hydrogens (tertiary/aromatic N) is 4. The van der Waals surface area contributed by atoms with E-state index in [1.165, 1.54) is 0 Å². The molecule has 1 amide bonds. The Morgan fingerprint density at radius 3 is 2.70 bits per heavy atom. The highest BCUT2D eigenvalue weighted by atomic mass is 16.5. The van der Waals surface area contributed by atoms with E-state index in [9.17, 15) is 4.79 Å². The van der Waals surface area contributed by atoms with Crippen molar-refractivity contribution < 1.29 is 14.3 Å². The van der Waals surface area contributed by atoms with Gasteiger partial charge >= 0.3 is 0 Å². The molecule has 0 aromatic carbocycles. The van der Waals surface area contributed by atoms with Crippen molar-refractivity contribution in [1.82, 2.24) is 25.3 Å². The maximum atomic E-state index is 12.8. The average Bonchev–Trinajstić information content (AvgIpc) is 3.27. The van der Waals surface area contributed by atoms with E-state index in [0.29, 0.717) is 30.4 Å². The molecular formula is C24H28N6O3. The van der Waals surface area contributed by atoms with Gasteiger partial charge in [0.1, 0.15) is 11.4 Å². The number of rotatable bonds is 5. The van der Waals surface area contributed by atoms with E-state index in [1.54, 1.807) is 6.20 Å². The van der Waals surface area contributed by atoms with E-state index in [0.717, 1.165) is 61.7 Å². The molecule has 2 aliphatic heterocycles. The van der Waals surface area contributed by atoms with E-state index < -0.39 is 0 Å². The Balaban J connectivity index is 1.36. The molecular weight excluding hydrogens is 420 g/mol. The highest BCUT2D eigenvalue weighted by Gasteiger charge is 2.21. The van der Waals surface area contributed by atoms with Crippen LogP contribution in [-0.4, -0.2) is 71.4 Å². The number of H-pyrrole nitrogens is 1. The van der Waals surface area contributed by atoms with E-state index in [2.05, 4.69) is 36.2 Å². The van der Waals surface area contributed by atoms with Crippen molar-refractivity contribution in [3.63, 3.8) is 0 Å². The summed E-state index contributed by atoms with van der Waals surface area (Å²) in [5.41, 5.74) is 4.87. The summed E-state index contributed by atoms with van der Waals surface area (Å²) in [6.45, 7) is 6.38. The molecule has 0 unspecified atom stereocenters. The van der Waals surface area contributed by atoms with Crippen LogP contribution in [0.2, 0.25) is 0 Å². The van der Waals surface area contributed by atoms with Crippen LogP contribution in [0.3, 0.4) is 0 Å². The third kappa shape index (κ3) is 4.89. The zero-order valence-corrected chi connectivity index (χ0v) is 18.7. The van der Waals surface area contributed by atoms with Crippen LogP contribution in [0.4, 0.5) is 5.69 Å². The van der Waals surface area contributed by atoms with Crippen LogP contribution in [0.15, 0.2) is 36.8 Å². The first-order valence-electron chi connectivity index (χ1n) is 11.4. The number of hydrogen-bond donors (Lipinski definition) is 2. The molecule has 3 aromatic rings. The fourth-order valence-corrected chi connectivity index (χ4v) is 4.22. The van der Waals surface area contributed by atoms with Crippen molar-refractivity contribution in [3.8, 4) is 22.6 Å². The van der Waals surface area contributed by atoms with Gasteiger partial charge in [0.15, 0.2) is 5.82 Å². The summed E-state index contributed by atoms with van der Waals surface area (Å²) < 4.78 is 10.8. The Hall–Kier alpha value is -3.30. The van der Waals surface area contributed by atoms with Crippen LogP contribution in [-0.2, 0) is 9.47 Å². The number of pyridine rings is 2. The molecule has 0 atom stereocenters. The summed E-state index contributed by atoms with van der Waals surface area (Å²) in [4.78, 5) is 31.8. The summed E-state index contributed by atoms with van der Waals surface area (Å²) in [5, 5.41) is 3.07. The summed E-state index contributed by atoms with van der Waals surface area (Å²) in [5.74, 6) is 0.407. The summed E-state index contributed by atoms with van der Waals surface area (Å²) in [6, 6.07) is 6.19. The lowest BCUT2D eigenvalue weighted by Gasteiger charge is -2.28. The maximum Gasteiger partial charge on any atom is 0.271 e. The number of hydrogen-bond acceptors (Lipinski definition) is 7. The molecule has 0 aliphatic carbocycles. The monoisotopic (exact) mass is 448 g/mol. The Morgan fingerprint density at radius 2 is 1.88 bits per heavy atom. The van der Waals surface area contributed by atoms with Gasteiger partial charge in [0.05, 0.1) is 25.1 Å². The zero-order valence-electron chi connectivity index (χ0n) is 18.7. The van der Waals surface area contributed by atoms with E-state index >= 15 is 0 Å². The Bertz CT molecular complexity index is 1120. The minimum Gasteiger partial charge on any atom is -0.381 e. The smallest absolute Gasteiger partial charge is 0.271 e. The molecule has 5 rings (SSSR count). The first-order valence-corrected chi connectivity index (χ1v) is 11.4. The van der Waals surface area contributed by atoms with Crippen LogP contribution in [0.25, 0.3) is 22.6 Å². The highest BCUT2D eigenvalue weighted by molar-refractivity contribution is 5.94. The highest BCUT2D eigenvalue weighted by Crippen LogP contribution is 2.27. The number of nitrogens with one attached hydrogen (secondary N) is 2. The van der Waals surface area contributed by atoms with Crippen LogP contribution < -0.4 is 10.2 Å². The number of ether oxygens (including phenoxy) is 2. The third-order valence-electron chi connectivity index (χ3n) is 6.09. The molecule has 2 N–H and O–H groups in total. The standard InChI is InChI=1S/C24H28N6O3/c1-16-22(24(31)28-19-3-8-32-9-4-19)29-23(27-16)21-13-17(2-5-26-21)18-12-20(15-25-14-18)30-6-10-33-11-7-30/h2,5,12-15,19H,3-4,6-11H2,1H3,(H,27,29)(H,28,31). The Kier molecular flexibility index (Phi) is 6.32. The summed E-state index contributed by atoms with van der Waals surface area (Å²) in [6.07, 6.45) is 7.14. The maximum absolute atomic E-state index is 12.8. The van der Waals surface area contributed by atoms with E-state index in [1.807, 2.05) is 31.5 Å². The van der Waals surface area contributed by atoms with E-state index in [-0.39, 0.29) is 11.9 Å². The number of amides is 1. The number of aromatic amines is 1. The minimum absolute atomic E-state index is 0.124. The molecule has 0 radical (unpaired) electrons. The minimum atomic E-state index is -0.166. The molecule has 2 aliphatic rings. The molecule has 9 nitrogen and oxygen atoms in total. The first-order chi connectivity index (χ1) is 16.2. The second-order valence-electron chi connectivity index (χ2n) is 8.38. The van der Waals surface area contributed by atoms with Crippen LogP contribution in [0, 0.1) is 6.92 Å². The molecule has 172 valence electrons. The number of carbonyl (C=O) groups is 1. The number of anilines is 1. The summed E-state index contributed by atoms with van der Waals surface area (Å²) in [7, 11) is 0. The quantitative estimate of drug-likeness (QED) is 0.618. The third-order valence-corrected chi connectivity index (χ3v) is 6.09. The predicted octanol–water partition coefficient (Wildman–Crippen LogP) is 2.59. The SMILES string of the molecule is Cc1[nH]c(-c2cc(-c3cncc(N4CCOCC4)c3)ccn2)nc1C(=O)NC1CCOCC1. The van der Waals surface area contributed by atoms with Gasteiger partial charge in [-0.05, 0) is 43.5 Å². The van der Waals surface area contributed by atoms with Crippen LogP contribution >= 0.6 is 0 Å². The lowest BCUT2D eigenvalue weighted by atomic mass is 10.1. The van der Waals surface area contributed by atoms with Crippen molar-refractivity contribution in [1.29, 1.82) is 0 Å². The van der Waals surface area contributed by atoms with Gasteiger partial charge in [-0.2, -0.15) is 0 Å². The molecule has 2 fully saturated rings. The van der Waals surface area contributed by atoms with Gasteiger partial charge in [0.25, 0.3) is 5.91 Å². The molecule has 5 heterocycles. The number of aromatic nitrogens is 4. The van der Waals surface area contributed by atoms with Crippen molar-refractivity contribution >= 4 is 11.6 Å². The fourth-order valence-electron chi connectivity index (χ4n) is 4.22. The second kappa shape index (κ2) is 9.68. The fraction of sp³-hybridized carbons (Fsp3) is 0.417. The van der Waals surface area contributed by atoms with Crippen molar-refractivity contribution in [2.24, 2.45) is 0 Å². The van der Waals surface area contributed by atoms with Gasteiger partial charge in [-0.15, -0.1) is 0 Å². The molecule has 3 aromatic heterocycles. The first kappa shape index (κ1) is 21.5. The van der Waals surface area contributed by atoms with Gasteiger partial charge < -0.3 is 24.7 Å². The number of imidazole rings is 1. The molecule has 2 saturated heterocycles. The zero-order chi connectivity index (χ0) is 22.6. The largest absolute Gasteiger partial charge is 0.381 e. The van der Waals surface area contributed by atoms with Gasteiger partial charge in [-0.3, -0.25) is 14.8 Å². The van der Waals surface area contributed by atoms with Gasteiger partial charge in [-0.1, -0.05) is 0 Å². The molecule has 0 saturated carbocycles. The van der Waals surface area contributed by atoms with Crippen LogP contribution in [0.1, 0.15) is 29.0 Å². The lowest BCUT2D eigenvalue weighted by molar-refractivity contribution is 0.0694. The topological polar surface area (TPSA) is 105 Å². The van der Waals surface area contributed by atoms with Crippen molar-refractivity contribution in [3.05, 3.63) is 48.2 Å². The normalized spacial score (nSPS) is 17.2. The molecule has 9 heteroatoms. The van der Waals surface area contributed by atoms with Crippen molar-refractivity contribution in [2.45, 2.75) is 25.8 Å². The molecule has 0 spiro atoms. The second-order valence-corrected chi connectivity index (χ2v) is 8.38. The number of morpholine rings is 1. The lowest BCUT2D eigenvalue weighted by Crippen LogP contribution is -2.39. The van der Waals surface area contributed by atoms with Gasteiger partial charge in [-0.25, -0.2) is 4.98 Å². The summed E-state index contributed by atoms with van der Waals surface area (Å²) >= 11 is 0.